The van der Waals surface area contributed by atoms with Crippen molar-refractivity contribution in [1.29, 1.82) is 0 Å². The monoisotopic (exact) mass is 288 g/mol. The highest BCUT2D eigenvalue weighted by Gasteiger charge is 2.10. The van der Waals surface area contributed by atoms with Gasteiger partial charge in [-0.25, -0.2) is 9.67 Å². The van der Waals surface area contributed by atoms with Crippen molar-refractivity contribution in [2.75, 3.05) is 0 Å². The number of nitrogens with zero attached hydrogens (tertiary/aromatic N) is 4. The molecule has 0 amide bonds. The first-order chi connectivity index (χ1) is 7.22. The van der Waals surface area contributed by atoms with Crippen LogP contribution >= 0.6 is 27.5 Å². The molecular weight excluding hydrogens is 279 g/mol. The van der Waals surface area contributed by atoms with E-state index in [1.807, 2.05) is 4.68 Å². The van der Waals surface area contributed by atoms with Gasteiger partial charge in [-0.1, -0.05) is 13.3 Å². The van der Waals surface area contributed by atoms with E-state index in [1.54, 1.807) is 6.20 Å². The standard InChI is InChI=1S/C9H10BrClN4/c1-2-3-4-15-8-6(7(10)14-15)5-12-9(11)13-8/h5H,2-4H2,1H3. The second-order valence-electron chi connectivity index (χ2n) is 3.24. The third-order valence-electron chi connectivity index (χ3n) is 2.14. The first-order valence-corrected chi connectivity index (χ1v) is 5.94. The number of hydrogen-bond donors (Lipinski definition) is 0. The Hall–Kier alpha value is -0.680. The van der Waals surface area contributed by atoms with Gasteiger partial charge in [0.05, 0.1) is 5.39 Å². The van der Waals surface area contributed by atoms with Crippen LogP contribution in [0.15, 0.2) is 10.8 Å². The Kier molecular flexibility index (Phi) is 3.21. The third kappa shape index (κ3) is 2.13. The smallest absolute Gasteiger partial charge is 0.224 e. The molecule has 0 N–H and O–H groups in total. The van der Waals surface area contributed by atoms with E-state index in [-0.39, 0.29) is 5.28 Å². The molecule has 0 aliphatic heterocycles. The Morgan fingerprint density at radius 3 is 3.07 bits per heavy atom. The Labute approximate surface area is 101 Å². The summed E-state index contributed by atoms with van der Waals surface area (Å²) in [7, 11) is 0. The van der Waals surface area contributed by atoms with Gasteiger partial charge in [-0.05, 0) is 34.0 Å². The Morgan fingerprint density at radius 2 is 2.33 bits per heavy atom. The van der Waals surface area contributed by atoms with E-state index in [9.17, 15) is 0 Å². The molecule has 0 fully saturated rings. The van der Waals surface area contributed by atoms with Gasteiger partial charge in [-0.2, -0.15) is 10.1 Å². The van der Waals surface area contributed by atoms with Crippen LogP contribution in [-0.4, -0.2) is 19.7 Å². The summed E-state index contributed by atoms with van der Waals surface area (Å²) in [5, 5.41) is 5.50. The summed E-state index contributed by atoms with van der Waals surface area (Å²) in [6.45, 7) is 2.99. The molecule has 15 heavy (non-hydrogen) atoms. The van der Waals surface area contributed by atoms with Crippen molar-refractivity contribution in [1.82, 2.24) is 19.7 Å². The number of rotatable bonds is 3. The predicted octanol–water partition coefficient (Wildman–Crippen LogP) is 3.04. The maximum absolute atomic E-state index is 5.76. The summed E-state index contributed by atoms with van der Waals surface area (Å²) in [5.74, 6) is 0. The van der Waals surface area contributed by atoms with Crippen LogP contribution in [0.3, 0.4) is 0 Å². The van der Waals surface area contributed by atoms with E-state index in [4.69, 9.17) is 11.6 Å². The van der Waals surface area contributed by atoms with Crippen LogP contribution < -0.4 is 0 Å². The predicted molar refractivity (Wildman–Crippen MR) is 62.9 cm³/mol. The fourth-order valence-corrected chi connectivity index (χ4v) is 1.97. The molecule has 0 aliphatic rings. The van der Waals surface area contributed by atoms with Gasteiger partial charge in [0.1, 0.15) is 4.60 Å². The van der Waals surface area contributed by atoms with Gasteiger partial charge < -0.3 is 0 Å². The highest BCUT2D eigenvalue weighted by molar-refractivity contribution is 9.10. The van der Waals surface area contributed by atoms with Gasteiger partial charge in [0.15, 0.2) is 5.65 Å². The number of aromatic nitrogens is 4. The van der Waals surface area contributed by atoms with Crippen molar-refractivity contribution in [3.63, 3.8) is 0 Å². The van der Waals surface area contributed by atoms with Gasteiger partial charge in [0.25, 0.3) is 0 Å². The number of halogens is 2. The molecule has 4 nitrogen and oxygen atoms in total. The Balaban J connectivity index is 2.49. The quantitative estimate of drug-likeness (QED) is 0.816. The van der Waals surface area contributed by atoms with Crippen molar-refractivity contribution in [2.45, 2.75) is 26.3 Å². The van der Waals surface area contributed by atoms with E-state index in [1.165, 1.54) is 0 Å². The zero-order chi connectivity index (χ0) is 10.8. The molecule has 0 saturated carbocycles. The van der Waals surface area contributed by atoms with Crippen LogP contribution in [0.25, 0.3) is 11.0 Å². The largest absolute Gasteiger partial charge is 0.246 e. The lowest BCUT2D eigenvalue weighted by atomic mass is 10.3. The maximum Gasteiger partial charge on any atom is 0.224 e. The molecule has 2 heterocycles. The third-order valence-corrected chi connectivity index (χ3v) is 2.91. The summed E-state index contributed by atoms with van der Waals surface area (Å²) in [5.41, 5.74) is 0.787. The molecule has 0 spiro atoms. The molecule has 80 valence electrons. The van der Waals surface area contributed by atoms with Gasteiger partial charge in [0, 0.05) is 12.7 Å². The summed E-state index contributed by atoms with van der Waals surface area (Å²) in [6.07, 6.45) is 3.88. The molecule has 0 aliphatic carbocycles. The second kappa shape index (κ2) is 4.45. The second-order valence-corrected chi connectivity index (χ2v) is 4.33. The number of hydrogen-bond acceptors (Lipinski definition) is 3. The first-order valence-electron chi connectivity index (χ1n) is 4.77. The number of fused-ring (bicyclic) bond motifs is 1. The highest BCUT2D eigenvalue weighted by atomic mass is 79.9. The van der Waals surface area contributed by atoms with Crippen molar-refractivity contribution < 1.29 is 0 Å². The Morgan fingerprint density at radius 1 is 1.53 bits per heavy atom. The van der Waals surface area contributed by atoms with Crippen LogP contribution in [0.2, 0.25) is 5.28 Å². The summed E-state index contributed by atoms with van der Waals surface area (Å²) in [6, 6.07) is 0. The lowest BCUT2D eigenvalue weighted by molar-refractivity contribution is 0.581. The minimum atomic E-state index is 0.257. The molecule has 2 aromatic heterocycles. The first kappa shape index (κ1) is 10.8. The molecule has 2 aromatic rings. The zero-order valence-electron chi connectivity index (χ0n) is 8.24. The van der Waals surface area contributed by atoms with Crippen molar-refractivity contribution >= 4 is 38.6 Å². The lowest BCUT2D eigenvalue weighted by Gasteiger charge is -2.00. The summed E-state index contributed by atoms with van der Waals surface area (Å²) >= 11 is 9.13. The number of unbranched alkanes of at least 4 members (excludes halogenated alkanes) is 1. The number of aryl methyl sites for hydroxylation is 1. The van der Waals surface area contributed by atoms with Crippen molar-refractivity contribution in [3.8, 4) is 0 Å². The average molecular weight is 290 g/mol. The van der Waals surface area contributed by atoms with Gasteiger partial charge >= 0.3 is 0 Å². The van der Waals surface area contributed by atoms with Crippen LogP contribution in [0, 0.1) is 0 Å². The highest BCUT2D eigenvalue weighted by Crippen LogP contribution is 2.22. The molecule has 0 atom stereocenters. The van der Waals surface area contributed by atoms with Gasteiger partial charge in [-0.3, -0.25) is 0 Å². The van der Waals surface area contributed by atoms with E-state index >= 15 is 0 Å². The molecule has 6 heteroatoms. The fourth-order valence-electron chi connectivity index (χ4n) is 1.37. The van der Waals surface area contributed by atoms with Crippen LogP contribution in [0.4, 0.5) is 0 Å². The van der Waals surface area contributed by atoms with Gasteiger partial charge in [-0.15, -0.1) is 0 Å². The van der Waals surface area contributed by atoms with Crippen molar-refractivity contribution in [3.05, 3.63) is 16.1 Å². The molecule has 2 rings (SSSR count). The van der Waals surface area contributed by atoms with E-state index in [2.05, 4.69) is 37.9 Å². The summed E-state index contributed by atoms with van der Waals surface area (Å²) in [4.78, 5) is 8.11. The maximum atomic E-state index is 5.76. The molecule has 0 radical (unpaired) electrons. The Bertz CT molecular complexity index is 482. The minimum Gasteiger partial charge on any atom is -0.246 e. The van der Waals surface area contributed by atoms with Crippen LogP contribution in [0.1, 0.15) is 19.8 Å². The SMILES string of the molecule is CCCCn1nc(Br)c2cnc(Cl)nc21. The van der Waals surface area contributed by atoms with E-state index < -0.39 is 0 Å². The lowest BCUT2D eigenvalue weighted by Crippen LogP contribution is -2.01. The topological polar surface area (TPSA) is 43.6 Å². The van der Waals surface area contributed by atoms with Crippen molar-refractivity contribution in [2.24, 2.45) is 0 Å². The van der Waals surface area contributed by atoms with Crippen LogP contribution in [0.5, 0.6) is 0 Å². The van der Waals surface area contributed by atoms with Crippen LogP contribution in [-0.2, 0) is 6.54 Å². The van der Waals surface area contributed by atoms with E-state index in [0.717, 1.165) is 35.0 Å². The summed E-state index contributed by atoms with van der Waals surface area (Å²) < 4.78 is 2.63. The molecule has 0 bridgehead atoms. The van der Waals surface area contributed by atoms with Gasteiger partial charge in [0.2, 0.25) is 5.28 Å². The van der Waals surface area contributed by atoms with E-state index in [0.29, 0.717) is 0 Å². The fraction of sp³-hybridized carbons (Fsp3) is 0.444. The normalized spacial score (nSPS) is 11.1. The minimum absolute atomic E-state index is 0.257. The zero-order valence-corrected chi connectivity index (χ0v) is 10.6. The molecule has 0 unspecified atom stereocenters. The molecule has 0 aromatic carbocycles. The average Bonchev–Trinajstić information content (AvgIpc) is 2.52. The molecular formula is C9H10BrClN4. The molecule has 0 saturated heterocycles.